The molecule has 1 atom stereocenters. The molecule has 0 aromatic carbocycles. The average molecular weight is 320 g/mol. The second-order valence-electron chi connectivity index (χ2n) is 7.67. The Bertz CT molecular complexity index is 545. The summed E-state index contributed by atoms with van der Waals surface area (Å²) in [7, 11) is 0. The van der Waals surface area contributed by atoms with Gasteiger partial charge in [0.1, 0.15) is 5.60 Å². The normalized spacial score (nSPS) is 22.2. The maximum atomic E-state index is 12.2. The zero-order chi connectivity index (χ0) is 16.4. The number of hydrogen-bond donors (Lipinski definition) is 1. The van der Waals surface area contributed by atoms with Crippen LogP contribution in [-0.4, -0.2) is 45.3 Å². The zero-order valence-electron chi connectivity index (χ0n) is 14.4. The number of aromatic nitrogens is 2. The van der Waals surface area contributed by atoms with Gasteiger partial charge in [0.25, 0.3) is 0 Å². The van der Waals surface area contributed by atoms with E-state index in [2.05, 4.69) is 14.9 Å². The molecule has 1 unspecified atom stereocenters. The van der Waals surface area contributed by atoms with Crippen LogP contribution in [0.25, 0.3) is 0 Å². The van der Waals surface area contributed by atoms with Crippen molar-refractivity contribution in [2.24, 2.45) is 0 Å². The molecule has 3 rings (SSSR count). The van der Waals surface area contributed by atoms with Gasteiger partial charge < -0.3 is 19.5 Å². The third-order valence-electron chi connectivity index (χ3n) is 4.33. The van der Waals surface area contributed by atoms with E-state index in [1.807, 2.05) is 38.2 Å². The molecule has 6 heteroatoms. The Labute approximate surface area is 138 Å². The van der Waals surface area contributed by atoms with Gasteiger partial charge in [-0.15, -0.1) is 0 Å². The van der Waals surface area contributed by atoms with Gasteiger partial charge in [-0.3, -0.25) is 0 Å². The van der Waals surface area contributed by atoms with E-state index in [0.29, 0.717) is 18.6 Å². The van der Waals surface area contributed by atoms with Crippen LogP contribution in [0.3, 0.4) is 0 Å². The minimum Gasteiger partial charge on any atom is -0.444 e. The van der Waals surface area contributed by atoms with Crippen LogP contribution in [0.4, 0.5) is 4.79 Å². The average Bonchev–Trinajstić information content (AvgIpc) is 3.22. The van der Waals surface area contributed by atoms with E-state index in [-0.39, 0.29) is 6.09 Å². The van der Waals surface area contributed by atoms with Crippen molar-refractivity contribution in [3.63, 3.8) is 0 Å². The number of ether oxygens (including phenoxy) is 1. The fraction of sp³-hybridized carbons (Fsp3) is 0.765. The molecule has 1 aromatic rings. The fourth-order valence-electron chi connectivity index (χ4n) is 3.04. The number of likely N-dealkylation sites (tertiary alicyclic amines) is 1. The molecule has 0 spiro atoms. The number of imidazole rings is 1. The maximum absolute atomic E-state index is 12.2. The molecule has 0 radical (unpaired) electrons. The summed E-state index contributed by atoms with van der Waals surface area (Å²) in [6.45, 7) is 8.03. The highest BCUT2D eigenvalue weighted by atomic mass is 16.6. The minimum atomic E-state index is -0.436. The molecule has 0 bridgehead atoms. The number of carbonyl (C=O) groups is 1. The molecule has 1 amide bonds. The number of rotatable bonds is 4. The summed E-state index contributed by atoms with van der Waals surface area (Å²) in [5.74, 6) is 0. The first kappa shape index (κ1) is 16.3. The molecule has 1 aliphatic carbocycles. The third-order valence-corrected chi connectivity index (χ3v) is 4.33. The van der Waals surface area contributed by atoms with E-state index in [0.717, 1.165) is 25.9 Å². The van der Waals surface area contributed by atoms with Crippen molar-refractivity contribution in [3.8, 4) is 0 Å². The summed E-state index contributed by atoms with van der Waals surface area (Å²) in [6, 6.07) is 0.970. The lowest BCUT2D eigenvalue weighted by Crippen LogP contribution is -2.49. The Morgan fingerprint density at radius 3 is 2.87 bits per heavy atom. The van der Waals surface area contributed by atoms with Crippen molar-refractivity contribution in [2.45, 2.75) is 70.7 Å². The summed E-state index contributed by atoms with van der Waals surface area (Å²) in [4.78, 5) is 18.3. The Morgan fingerprint density at radius 2 is 2.17 bits per heavy atom. The highest BCUT2D eigenvalue weighted by Crippen LogP contribution is 2.35. The van der Waals surface area contributed by atoms with Gasteiger partial charge in [0.05, 0.1) is 12.0 Å². The molecule has 1 aromatic heterocycles. The van der Waals surface area contributed by atoms with Crippen LogP contribution in [-0.2, 0) is 11.3 Å². The molecule has 1 aliphatic heterocycles. The monoisotopic (exact) mass is 320 g/mol. The summed E-state index contributed by atoms with van der Waals surface area (Å²) in [5.41, 5.74) is 0.802. The predicted octanol–water partition coefficient (Wildman–Crippen LogP) is 2.71. The van der Waals surface area contributed by atoms with Crippen molar-refractivity contribution >= 4 is 6.09 Å². The van der Waals surface area contributed by atoms with Crippen molar-refractivity contribution in [2.75, 3.05) is 13.1 Å². The molecule has 1 N–H and O–H groups in total. The topological polar surface area (TPSA) is 59.4 Å². The number of piperidine rings is 1. The van der Waals surface area contributed by atoms with Crippen molar-refractivity contribution < 1.29 is 9.53 Å². The summed E-state index contributed by atoms with van der Waals surface area (Å²) in [5, 5.41) is 3.58. The van der Waals surface area contributed by atoms with E-state index >= 15 is 0 Å². The molecule has 1 saturated carbocycles. The van der Waals surface area contributed by atoms with Gasteiger partial charge in [0, 0.05) is 37.9 Å². The van der Waals surface area contributed by atoms with Crippen LogP contribution < -0.4 is 5.32 Å². The number of hydrogen-bond acceptors (Lipinski definition) is 4. The fourth-order valence-corrected chi connectivity index (χ4v) is 3.04. The molecule has 128 valence electrons. The molecule has 2 aliphatic rings. The van der Waals surface area contributed by atoms with Gasteiger partial charge in [0.15, 0.2) is 0 Å². The molecular formula is C17H28N4O2. The zero-order valence-corrected chi connectivity index (χ0v) is 14.4. The van der Waals surface area contributed by atoms with E-state index < -0.39 is 5.60 Å². The standard InChI is InChI=1S/C17H28N4O2/c1-17(2,3)23-16(22)20-8-4-5-13(11-20)19-10-15-9-18-12-21(15)14-6-7-14/h9,12-14,19H,4-8,10-11H2,1-3H3. The van der Waals surface area contributed by atoms with Crippen LogP contribution in [0.5, 0.6) is 0 Å². The second-order valence-corrected chi connectivity index (χ2v) is 7.67. The molecule has 6 nitrogen and oxygen atoms in total. The Hall–Kier alpha value is -1.56. The maximum Gasteiger partial charge on any atom is 0.410 e. The van der Waals surface area contributed by atoms with Crippen molar-refractivity contribution in [1.29, 1.82) is 0 Å². The first-order valence-electron chi connectivity index (χ1n) is 8.64. The first-order chi connectivity index (χ1) is 10.9. The van der Waals surface area contributed by atoms with Crippen LogP contribution >= 0.6 is 0 Å². The van der Waals surface area contributed by atoms with E-state index in [1.165, 1.54) is 18.5 Å². The predicted molar refractivity (Wildman–Crippen MR) is 88.2 cm³/mol. The van der Waals surface area contributed by atoms with Gasteiger partial charge in [-0.25, -0.2) is 9.78 Å². The van der Waals surface area contributed by atoms with Gasteiger partial charge in [-0.2, -0.15) is 0 Å². The summed E-state index contributed by atoms with van der Waals surface area (Å²) < 4.78 is 7.76. The third kappa shape index (κ3) is 4.47. The first-order valence-corrected chi connectivity index (χ1v) is 8.64. The smallest absolute Gasteiger partial charge is 0.410 e. The Morgan fingerprint density at radius 1 is 1.39 bits per heavy atom. The van der Waals surface area contributed by atoms with Crippen LogP contribution in [0, 0.1) is 0 Å². The lowest BCUT2D eigenvalue weighted by Gasteiger charge is -2.34. The van der Waals surface area contributed by atoms with E-state index in [9.17, 15) is 4.79 Å². The summed E-state index contributed by atoms with van der Waals surface area (Å²) >= 11 is 0. The lowest BCUT2D eigenvalue weighted by atomic mass is 10.1. The highest BCUT2D eigenvalue weighted by Gasteiger charge is 2.28. The molecule has 23 heavy (non-hydrogen) atoms. The molecule has 2 heterocycles. The number of nitrogens with one attached hydrogen (secondary N) is 1. The van der Waals surface area contributed by atoms with Crippen LogP contribution in [0.1, 0.15) is 58.2 Å². The largest absolute Gasteiger partial charge is 0.444 e. The number of amides is 1. The minimum absolute atomic E-state index is 0.202. The molecule has 1 saturated heterocycles. The number of carbonyl (C=O) groups excluding carboxylic acids is 1. The Balaban J connectivity index is 1.50. The number of nitrogens with zero attached hydrogens (tertiary/aromatic N) is 3. The van der Waals surface area contributed by atoms with E-state index in [1.54, 1.807) is 0 Å². The SMILES string of the molecule is CC(C)(C)OC(=O)N1CCCC(NCc2cncn2C2CC2)C1. The highest BCUT2D eigenvalue weighted by molar-refractivity contribution is 5.68. The van der Waals surface area contributed by atoms with Crippen LogP contribution in [0.15, 0.2) is 12.5 Å². The van der Waals surface area contributed by atoms with Gasteiger partial charge in [0.2, 0.25) is 0 Å². The molecule has 2 fully saturated rings. The van der Waals surface area contributed by atoms with Gasteiger partial charge in [-0.05, 0) is 46.5 Å². The van der Waals surface area contributed by atoms with Crippen molar-refractivity contribution in [1.82, 2.24) is 19.8 Å². The second kappa shape index (κ2) is 6.51. The quantitative estimate of drug-likeness (QED) is 0.926. The van der Waals surface area contributed by atoms with Gasteiger partial charge in [-0.1, -0.05) is 0 Å². The lowest BCUT2D eigenvalue weighted by molar-refractivity contribution is 0.0187. The van der Waals surface area contributed by atoms with Crippen molar-refractivity contribution in [3.05, 3.63) is 18.2 Å². The van der Waals surface area contributed by atoms with Crippen LogP contribution in [0.2, 0.25) is 0 Å². The summed E-state index contributed by atoms with van der Waals surface area (Å²) in [6.07, 6.45) is 8.31. The Kier molecular flexibility index (Phi) is 4.62. The molecular weight excluding hydrogens is 292 g/mol. The van der Waals surface area contributed by atoms with E-state index in [4.69, 9.17) is 4.74 Å². The van der Waals surface area contributed by atoms with Gasteiger partial charge >= 0.3 is 6.09 Å².